The van der Waals surface area contributed by atoms with E-state index in [2.05, 4.69) is 4.98 Å². The van der Waals surface area contributed by atoms with E-state index in [-0.39, 0.29) is 12.2 Å². The molecule has 0 spiro atoms. The first kappa shape index (κ1) is 10.8. The summed E-state index contributed by atoms with van der Waals surface area (Å²) in [6, 6.07) is 1.68. The summed E-state index contributed by atoms with van der Waals surface area (Å²) in [4.78, 5) is 3.81. The number of nitrogens with zero attached hydrogens (tertiary/aromatic N) is 1. The summed E-state index contributed by atoms with van der Waals surface area (Å²) in [5.41, 5.74) is 6.23. The van der Waals surface area contributed by atoms with Gasteiger partial charge in [0.05, 0.1) is 5.69 Å². The van der Waals surface area contributed by atoms with Gasteiger partial charge in [-0.3, -0.25) is 0 Å². The van der Waals surface area contributed by atoms with Crippen LogP contribution in [-0.4, -0.2) is 4.98 Å². The number of aryl methyl sites for hydroxylation is 1. The molecule has 0 saturated carbocycles. The highest BCUT2D eigenvalue weighted by atomic mass is 127. The first-order chi connectivity index (χ1) is 6.06. The van der Waals surface area contributed by atoms with Gasteiger partial charge in [-0.1, -0.05) is 0 Å². The number of hydrogen-bond acceptors (Lipinski definition) is 2. The maximum absolute atomic E-state index is 12.4. The molecule has 1 aromatic heterocycles. The van der Waals surface area contributed by atoms with E-state index in [1.54, 1.807) is 13.0 Å². The topological polar surface area (TPSA) is 38.9 Å². The molecule has 0 unspecified atom stereocenters. The van der Waals surface area contributed by atoms with Crippen molar-refractivity contribution in [2.75, 3.05) is 0 Å². The van der Waals surface area contributed by atoms with Crippen LogP contribution in [0.15, 0.2) is 6.07 Å². The maximum atomic E-state index is 12.4. The standard InChI is InChI=1S/C8H9F2IN2/c1-4-2-5(11)6(3-12)13-7(4)8(9)10/h2,8H,3,12H2,1H3. The van der Waals surface area contributed by atoms with E-state index >= 15 is 0 Å². The van der Waals surface area contributed by atoms with Crippen molar-refractivity contribution in [1.82, 2.24) is 4.98 Å². The molecule has 0 atom stereocenters. The number of rotatable bonds is 2. The zero-order valence-electron chi connectivity index (χ0n) is 7.02. The molecule has 72 valence electrons. The minimum Gasteiger partial charge on any atom is -0.325 e. The molecule has 2 nitrogen and oxygen atoms in total. The first-order valence-electron chi connectivity index (χ1n) is 3.70. The molecule has 0 aliphatic rings. The van der Waals surface area contributed by atoms with Crippen LogP contribution in [0.5, 0.6) is 0 Å². The van der Waals surface area contributed by atoms with E-state index < -0.39 is 6.43 Å². The van der Waals surface area contributed by atoms with E-state index in [0.717, 1.165) is 3.57 Å². The van der Waals surface area contributed by atoms with Gasteiger partial charge >= 0.3 is 0 Å². The molecule has 0 amide bonds. The Balaban J connectivity index is 3.22. The quantitative estimate of drug-likeness (QED) is 0.852. The van der Waals surface area contributed by atoms with Gasteiger partial charge in [-0.05, 0) is 41.1 Å². The lowest BCUT2D eigenvalue weighted by molar-refractivity contribution is 0.145. The Kier molecular flexibility index (Phi) is 3.55. The fourth-order valence-electron chi connectivity index (χ4n) is 0.998. The lowest BCUT2D eigenvalue weighted by Gasteiger charge is -2.07. The van der Waals surface area contributed by atoms with Gasteiger partial charge in [0.2, 0.25) is 0 Å². The number of halogens is 3. The summed E-state index contributed by atoms with van der Waals surface area (Å²) in [6.45, 7) is 1.81. The van der Waals surface area contributed by atoms with E-state index in [1.165, 1.54) is 0 Å². The maximum Gasteiger partial charge on any atom is 0.280 e. The molecule has 0 aromatic carbocycles. The Hall–Kier alpha value is -0.300. The van der Waals surface area contributed by atoms with Gasteiger partial charge in [0.25, 0.3) is 6.43 Å². The second-order valence-corrected chi connectivity index (χ2v) is 3.79. The molecule has 0 aliphatic heterocycles. The Labute approximate surface area is 88.7 Å². The predicted octanol–water partition coefficient (Wildman–Crippen LogP) is 2.39. The lowest BCUT2D eigenvalue weighted by Crippen LogP contribution is -2.06. The molecule has 1 heterocycles. The number of nitrogens with two attached hydrogens (primary N) is 1. The highest BCUT2D eigenvalue weighted by Gasteiger charge is 2.14. The Morgan fingerprint density at radius 2 is 2.23 bits per heavy atom. The first-order valence-corrected chi connectivity index (χ1v) is 4.78. The van der Waals surface area contributed by atoms with Crippen LogP contribution in [0.25, 0.3) is 0 Å². The van der Waals surface area contributed by atoms with Crippen LogP contribution in [0.4, 0.5) is 8.78 Å². The van der Waals surface area contributed by atoms with Crippen molar-refractivity contribution in [3.05, 3.63) is 26.6 Å². The van der Waals surface area contributed by atoms with Crippen molar-refractivity contribution in [3.8, 4) is 0 Å². The van der Waals surface area contributed by atoms with E-state index in [9.17, 15) is 8.78 Å². The molecule has 0 aliphatic carbocycles. The second-order valence-electron chi connectivity index (χ2n) is 2.62. The van der Waals surface area contributed by atoms with Gasteiger partial charge in [-0.15, -0.1) is 0 Å². The number of pyridine rings is 1. The molecule has 2 N–H and O–H groups in total. The van der Waals surface area contributed by atoms with Gasteiger partial charge in [0, 0.05) is 10.1 Å². The molecule has 0 bridgehead atoms. The third-order valence-electron chi connectivity index (χ3n) is 1.68. The Morgan fingerprint density at radius 1 is 1.62 bits per heavy atom. The van der Waals surface area contributed by atoms with Crippen LogP contribution in [0.2, 0.25) is 0 Å². The van der Waals surface area contributed by atoms with E-state index in [0.29, 0.717) is 11.3 Å². The van der Waals surface area contributed by atoms with Crippen molar-refractivity contribution < 1.29 is 8.78 Å². The molecular weight excluding hydrogens is 289 g/mol. The van der Waals surface area contributed by atoms with Crippen molar-refractivity contribution in [2.45, 2.75) is 19.9 Å². The fraction of sp³-hybridized carbons (Fsp3) is 0.375. The van der Waals surface area contributed by atoms with Crippen LogP contribution < -0.4 is 5.73 Å². The molecule has 0 saturated heterocycles. The second kappa shape index (κ2) is 4.28. The average molecular weight is 298 g/mol. The Morgan fingerprint density at radius 3 is 2.69 bits per heavy atom. The highest BCUT2D eigenvalue weighted by Crippen LogP contribution is 2.23. The van der Waals surface area contributed by atoms with Gasteiger partial charge in [-0.2, -0.15) is 0 Å². The SMILES string of the molecule is Cc1cc(I)c(CN)nc1C(F)F. The lowest BCUT2D eigenvalue weighted by atomic mass is 10.2. The summed E-state index contributed by atoms with van der Waals surface area (Å²) in [5.74, 6) is 0. The third kappa shape index (κ3) is 2.34. The van der Waals surface area contributed by atoms with E-state index in [4.69, 9.17) is 5.73 Å². The summed E-state index contributed by atoms with van der Waals surface area (Å²) in [6.07, 6.45) is -2.53. The van der Waals surface area contributed by atoms with Gasteiger partial charge in [0.1, 0.15) is 5.69 Å². The largest absolute Gasteiger partial charge is 0.325 e. The van der Waals surface area contributed by atoms with Crippen LogP contribution >= 0.6 is 22.6 Å². The summed E-state index contributed by atoms with van der Waals surface area (Å²) >= 11 is 2.04. The summed E-state index contributed by atoms with van der Waals surface area (Å²) in [5, 5.41) is 0. The summed E-state index contributed by atoms with van der Waals surface area (Å²) in [7, 11) is 0. The zero-order valence-corrected chi connectivity index (χ0v) is 9.18. The van der Waals surface area contributed by atoms with Gasteiger partial charge in [0.15, 0.2) is 0 Å². The Bertz CT molecular complexity index is 315. The molecule has 0 fully saturated rings. The molecule has 13 heavy (non-hydrogen) atoms. The van der Waals surface area contributed by atoms with Gasteiger partial charge in [-0.25, -0.2) is 13.8 Å². The van der Waals surface area contributed by atoms with Crippen molar-refractivity contribution in [2.24, 2.45) is 5.73 Å². The monoisotopic (exact) mass is 298 g/mol. The minimum atomic E-state index is -2.53. The molecule has 0 radical (unpaired) electrons. The molecule has 1 aromatic rings. The predicted molar refractivity (Wildman–Crippen MR) is 54.5 cm³/mol. The molecule has 1 rings (SSSR count). The molecule has 5 heteroatoms. The minimum absolute atomic E-state index is 0.166. The van der Waals surface area contributed by atoms with Crippen LogP contribution in [0.1, 0.15) is 23.4 Å². The number of hydrogen-bond donors (Lipinski definition) is 1. The van der Waals surface area contributed by atoms with Crippen LogP contribution in [0.3, 0.4) is 0 Å². The summed E-state index contributed by atoms with van der Waals surface area (Å²) < 4.78 is 25.6. The normalized spacial score (nSPS) is 10.9. The van der Waals surface area contributed by atoms with Crippen LogP contribution in [-0.2, 0) is 6.54 Å². The van der Waals surface area contributed by atoms with Crippen molar-refractivity contribution >= 4 is 22.6 Å². The van der Waals surface area contributed by atoms with Crippen molar-refractivity contribution in [1.29, 1.82) is 0 Å². The van der Waals surface area contributed by atoms with Crippen LogP contribution in [0, 0.1) is 10.5 Å². The molecular formula is C8H9F2IN2. The average Bonchev–Trinajstić information content (AvgIpc) is 2.03. The number of aromatic nitrogens is 1. The van der Waals surface area contributed by atoms with E-state index in [1.807, 2.05) is 22.6 Å². The van der Waals surface area contributed by atoms with Crippen molar-refractivity contribution in [3.63, 3.8) is 0 Å². The van der Waals surface area contributed by atoms with Gasteiger partial charge < -0.3 is 5.73 Å². The fourth-order valence-corrected chi connectivity index (χ4v) is 1.81. The number of alkyl halides is 2. The zero-order chi connectivity index (χ0) is 10.0. The smallest absolute Gasteiger partial charge is 0.280 e. The third-order valence-corrected chi connectivity index (χ3v) is 2.61. The highest BCUT2D eigenvalue weighted by molar-refractivity contribution is 14.1.